The Kier molecular flexibility index (Phi) is 4.72. The molecule has 2 aliphatic heterocycles. The number of amides is 2. The standard InChI is InChI=1S/C14H24N2O4S/c1-9(2)11-16(10(7-21-11)12(17)18)13(19)15-5-6-20-8-14(15,3)4/h9-11H,5-8H2,1-4H3,(H,17,18). The topological polar surface area (TPSA) is 70.1 Å². The SMILES string of the molecule is CC(C)C1SCC(C(=O)O)N1C(=O)N1CCOCC1(C)C. The highest BCUT2D eigenvalue weighted by Crippen LogP contribution is 2.36. The van der Waals surface area contributed by atoms with Crippen LogP contribution in [0.25, 0.3) is 0 Å². The molecule has 120 valence electrons. The van der Waals surface area contributed by atoms with E-state index < -0.39 is 17.6 Å². The zero-order chi connectivity index (χ0) is 15.8. The molecule has 2 amide bonds. The molecule has 0 bridgehead atoms. The second-order valence-electron chi connectivity index (χ2n) is 6.53. The Labute approximate surface area is 129 Å². The number of urea groups is 1. The summed E-state index contributed by atoms with van der Waals surface area (Å²) in [4.78, 5) is 27.8. The fourth-order valence-electron chi connectivity index (χ4n) is 2.83. The smallest absolute Gasteiger partial charge is 0.327 e. The molecule has 2 heterocycles. The molecular formula is C14H24N2O4S. The molecule has 0 radical (unpaired) electrons. The number of rotatable bonds is 2. The fraction of sp³-hybridized carbons (Fsp3) is 0.857. The third-order valence-electron chi connectivity index (χ3n) is 3.99. The van der Waals surface area contributed by atoms with Gasteiger partial charge >= 0.3 is 12.0 Å². The minimum Gasteiger partial charge on any atom is -0.480 e. The summed E-state index contributed by atoms with van der Waals surface area (Å²) in [7, 11) is 0. The predicted molar refractivity (Wildman–Crippen MR) is 81.3 cm³/mol. The predicted octanol–water partition coefficient (Wildman–Crippen LogP) is 1.70. The Balaban J connectivity index is 2.26. The number of carboxylic acids is 1. The Hall–Kier alpha value is -0.950. The molecule has 1 N–H and O–H groups in total. The van der Waals surface area contributed by atoms with E-state index in [1.54, 1.807) is 21.6 Å². The van der Waals surface area contributed by atoms with E-state index in [9.17, 15) is 14.7 Å². The summed E-state index contributed by atoms with van der Waals surface area (Å²) in [5.41, 5.74) is -0.410. The normalized spacial score (nSPS) is 29.0. The number of hydrogen-bond acceptors (Lipinski definition) is 4. The van der Waals surface area contributed by atoms with E-state index in [1.165, 1.54) is 0 Å². The van der Waals surface area contributed by atoms with Crippen molar-refractivity contribution in [3.05, 3.63) is 0 Å². The third kappa shape index (κ3) is 3.13. The number of carbonyl (C=O) groups excluding carboxylic acids is 1. The van der Waals surface area contributed by atoms with Crippen LogP contribution in [0.2, 0.25) is 0 Å². The molecule has 2 rings (SSSR count). The van der Waals surface area contributed by atoms with Crippen molar-refractivity contribution < 1.29 is 19.4 Å². The monoisotopic (exact) mass is 316 g/mol. The van der Waals surface area contributed by atoms with Gasteiger partial charge in [-0.25, -0.2) is 9.59 Å². The summed E-state index contributed by atoms with van der Waals surface area (Å²) in [5.74, 6) is -0.258. The fourth-order valence-corrected chi connectivity index (χ4v) is 4.29. The van der Waals surface area contributed by atoms with Crippen LogP contribution in [-0.4, -0.2) is 69.4 Å². The highest BCUT2D eigenvalue weighted by molar-refractivity contribution is 8.00. The van der Waals surface area contributed by atoms with Gasteiger partial charge in [0.05, 0.1) is 24.1 Å². The number of carboxylic acid groups (broad SMARTS) is 1. The van der Waals surface area contributed by atoms with E-state index in [1.807, 2.05) is 27.7 Å². The highest BCUT2D eigenvalue weighted by Gasteiger charge is 2.47. The maximum Gasteiger partial charge on any atom is 0.327 e. The van der Waals surface area contributed by atoms with Crippen molar-refractivity contribution in [2.24, 2.45) is 5.92 Å². The van der Waals surface area contributed by atoms with E-state index in [0.717, 1.165) is 0 Å². The van der Waals surface area contributed by atoms with Crippen molar-refractivity contribution >= 4 is 23.8 Å². The van der Waals surface area contributed by atoms with Gasteiger partial charge in [-0.2, -0.15) is 0 Å². The number of carbonyl (C=O) groups is 2. The van der Waals surface area contributed by atoms with E-state index in [4.69, 9.17) is 4.74 Å². The van der Waals surface area contributed by atoms with E-state index in [-0.39, 0.29) is 17.3 Å². The van der Waals surface area contributed by atoms with Crippen LogP contribution >= 0.6 is 11.8 Å². The average Bonchev–Trinajstić information content (AvgIpc) is 2.82. The lowest BCUT2D eigenvalue weighted by atomic mass is 10.0. The molecule has 2 atom stereocenters. The molecule has 0 saturated carbocycles. The van der Waals surface area contributed by atoms with Crippen LogP contribution in [0, 0.1) is 5.92 Å². The van der Waals surface area contributed by atoms with Gasteiger partial charge in [-0.15, -0.1) is 11.8 Å². The first-order valence-corrected chi connectivity index (χ1v) is 8.32. The summed E-state index contributed by atoms with van der Waals surface area (Å²) in [6.07, 6.45) is 0. The first-order chi connectivity index (χ1) is 9.75. The second kappa shape index (κ2) is 6.04. The zero-order valence-corrected chi connectivity index (χ0v) is 13.9. The molecule has 0 spiro atoms. The first kappa shape index (κ1) is 16.4. The van der Waals surface area contributed by atoms with Gasteiger partial charge in [0, 0.05) is 12.3 Å². The molecule has 2 saturated heterocycles. The van der Waals surface area contributed by atoms with Gasteiger partial charge in [-0.1, -0.05) is 13.8 Å². The lowest BCUT2D eigenvalue weighted by Crippen LogP contribution is -2.62. The van der Waals surface area contributed by atoms with Crippen molar-refractivity contribution in [3.8, 4) is 0 Å². The molecule has 0 aliphatic carbocycles. The Morgan fingerprint density at radius 1 is 1.38 bits per heavy atom. The zero-order valence-electron chi connectivity index (χ0n) is 13.0. The van der Waals surface area contributed by atoms with Crippen molar-refractivity contribution in [2.75, 3.05) is 25.5 Å². The second-order valence-corrected chi connectivity index (χ2v) is 7.68. The summed E-state index contributed by atoms with van der Waals surface area (Å²) in [5, 5.41) is 9.32. The van der Waals surface area contributed by atoms with Gasteiger partial charge in [-0.05, 0) is 19.8 Å². The Bertz CT molecular complexity index is 427. The van der Waals surface area contributed by atoms with E-state index in [2.05, 4.69) is 0 Å². The summed E-state index contributed by atoms with van der Waals surface area (Å²) < 4.78 is 5.44. The van der Waals surface area contributed by atoms with Crippen LogP contribution in [0.15, 0.2) is 0 Å². The lowest BCUT2D eigenvalue weighted by molar-refractivity contribution is -0.141. The van der Waals surface area contributed by atoms with Crippen LogP contribution in [0.3, 0.4) is 0 Å². The van der Waals surface area contributed by atoms with Crippen molar-refractivity contribution in [2.45, 2.75) is 44.6 Å². The molecule has 0 aromatic carbocycles. The van der Waals surface area contributed by atoms with E-state index in [0.29, 0.717) is 25.5 Å². The van der Waals surface area contributed by atoms with Crippen LogP contribution in [0.1, 0.15) is 27.7 Å². The minimum absolute atomic E-state index is 0.0859. The van der Waals surface area contributed by atoms with Gasteiger partial charge in [0.15, 0.2) is 0 Å². The minimum atomic E-state index is -0.926. The van der Waals surface area contributed by atoms with Crippen LogP contribution < -0.4 is 0 Å². The van der Waals surface area contributed by atoms with Crippen LogP contribution in [0.4, 0.5) is 4.79 Å². The number of nitrogens with zero attached hydrogens (tertiary/aromatic N) is 2. The third-order valence-corrected chi connectivity index (χ3v) is 5.61. The number of ether oxygens (including phenoxy) is 1. The number of morpholine rings is 1. The molecular weight excluding hydrogens is 292 g/mol. The Morgan fingerprint density at radius 3 is 2.57 bits per heavy atom. The first-order valence-electron chi connectivity index (χ1n) is 7.28. The van der Waals surface area contributed by atoms with Crippen molar-refractivity contribution in [1.29, 1.82) is 0 Å². The number of aliphatic carboxylic acids is 1. The maximum atomic E-state index is 13.0. The van der Waals surface area contributed by atoms with Gasteiger partial charge < -0.3 is 14.7 Å². The highest BCUT2D eigenvalue weighted by atomic mass is 32.2. The van der Waals surface area contributed by atoms with E-state index >= 15 is 0 Å². The average molecular weight is 316 g/mol. The Morgan fingerprint density at radius 2 is 2.05 bits per heavy atom. The number of thioether (sulfide) groups is 1. The quantitative estimate of drug-likeness (QED) is 0.840. The largest absolute Gasteiger partial charge is 0.480 e. The maximum absolute atomic E-state index is 13.0. The van der Waals surface area contributed by atoms with Gasteiger partial charge in [0.2, 0.25) is 0 Å². The molecule has 7 heteroatoms. The molecule has 0 aromatic rings. The molecule has 2 aliphatic rings. The van der Waals surface area contributed by atoms with Crippen LogP contribution in [-0.2, 0) is 9.53 Å². The lowest BCUT2D eigenvalue weighted by Gasteiger charge is -2.45. The van der Waals surface area contributed by atoms with Gasteiger partial charge in [0.25, 0.3) is 0 Å². The molecule has 2 fully saturated rings. The molecule has 2 unspecified atom stereocenters. The van der Waals surface area contributed by atoms with Gasteiger partial charge in [0.1, 0.15) is 6.04 Å². The molecule has 21 heavy (non-hydrogen) atoms. The van der Waals surface area contributed by atoms with Crippen molar-refractivity contribution in [1.82, 2.24) is 9.80 Å². The molecule has 0 aromatic heterocycles. The summed E-state index contributed by atoms with van der Waals surface area (Å²) in [6, 6.07) is -0.923. The number of hydrogen-bond donors (Lipinski definition) is 1. The summed E-state index contributed by atoms with van der Waals surface area (Å²) in [6.45, 7) is 9.42. The van der Waals surface area contributed by atoms with Crippen LogP contribution in [0.5, 0.6) is 0 Å². The van der Waals surface area contributed by atoms with Gasteiger partial charge in [-0.3, -0.25) is 4.90 Å². The van der Waals surface area contributed by atoms with Crippen molar-refractivity contribution in [3.63, 3.8) is 0 Å². The summed E-state index contributed by atoms with van der Waals surface area (Å²) >= 11 is 1.55. The molecule has 6 nitrogen and oxygen atoms in total.